The van der Waals surface area contributed by atoms with E-state index in [1.807, 2.05) is 6.92 Å². The molecule has 0 aliphatic rings. The Morgan fingerprint density at radius 1 is 1.33 bits per heavy atom. The zero-order valence-corrected chi connectivity index (χ0v) is 12.3. The summed E-state index contributed by atoms with van der Waals surface area (Å²) < 4.78 is 2.05. The minimum atomic E-state index is -0.201. The zero-order valence-electron chi connectivity index (χ0n) is 12.3. The molecule has 0 radical (unpaired) electrons. The number of nitrogens with zero attached hydrogens (tertiary/aromatic N) is 2. The highest BCUT2D eigenvalue weighted by molar-refractivity contribution is 5.27. The maximum Gasteiger partial charge on any atom is 0.0644 e. The molecule has 0 fully saturated rings. The van der Waals surface area contributed by atoms with E-state index in [1.54, 1.807) is 0 Å². The van der Waals surface area contributed by atoms with Crippen molar-refractivity contribution in [3.8, 4) is 0 Å². The predicted molar refractivity (Wildman–Crippen MR) is 74.7 cm³/mol. The summed E-state index contributed by atoms with van der Waals surface area (Å²) in [4.78, 5) is 0. The van der Waals surface area contributed by atoms with Crippen molar-refractivity contribution >= 4 is 0 Å². The number of aliphatic hydroxyl groups excluding tert-OH is 1. The first-order valence-electron chi connectivity index (χ1n) is 6.92. The molecule has 1 aromatic rings. The van der Waals surface area contributed by atoms with Crippen molar-refractivity contribution in [1.82, 2.24) is 15.1 Å². The molecule has 1 aromatic heterocycles. The Balaban J connectivity index is 2.56. The maximum absolute atomic E-state index is 9.22. The first-order chi connectivity index (χ1) is 8.47. The molecular formula is C14H27N3O. The topological polar surface area (TPSA) is 50.1 Å². The van der Waals surface area contributed by atoms with Crippen LogP contribution in [0.5, 0.6) is 0 Å². The summed E-state index contributed by atoms with van der Waals surface area (Å²) in [6, 6.07) is 0.319. The van der Waals surface area contributed by atoms with Gasteiger partial charge in [0.25, 0.3) is 0 Å². The van der Waals surface area contributed by atoms with Crippen LogP contribution in [-0.2, 0) is 6.54 Å². The Morgan fingerprint density at radius 2 is 2.00 bits per heavy atom. The van der Waals surface area contributed by atoms with Crippen LogP contribution in [-0.4, -0.2) is 27.5 Å². The summed E-state index contributed by atoms with van der Waals surface area (Å²) in [7, 11) is 0. The lowest BCUT2D eigenvalue weighted by atomic mass is 10.1. The molecule has 2 unspecified atom stereocenters. The van der Waals surface area contributed by atoms with Crippen molar-refractivity contribution in [2.24, 2.45) is 0 Å². The second kappa shape index (κ2) is 6.90. The lowest BCUT2D eigenvalue weighted by molar-refractivity contribution is 0.181. The van der Waals surface area contributed by atoms with Gasteiger partial charge >= 0.3 is 0 Å². The molecule has 0 bridgehead atoms. The van der Waals surface area contributed by atoms with E-state index in [9.17, 15) is 5.11 Å². The van der Waals surface area contributed by atoms with Crippen LogP contribution >= 0.6 is 0 Å². The molecule has 0 amide bonds. The van der Waals surface area contributed by atoms with Gasteiger partial charge in [0.2, 0.25) is 0 Å². The first kappa shape index (κ1) is 15.2. The number of hydrogen-bond acceptors (Lipinski definition) is 3. The summed E-state index contributed by atoms with van der Waals surface area (Å²) >= 11 is 0. The normalized spacial score (nSPS) is 14.8. The number of aromatic nitrogens is 2. The third kappa shape index (κ3) is 3.82. The van der Waals surface area contributed by atoms with Gasteiger partial charge in [-0.15, -0.1) is 0 Å². The van der Waals surface area contributed by atoms with E-state index >= 15 is 0 Å². The van der Waals surface area contributed by atoms with Crippen molar-refractivity contribution in [2.45, 2.75) is 66.2 Å². The summed E-state index contributed by atoms with van der Waals surface area (Å²) in [6.07, 6.45) is 1.65. The molecule has 1 rings (SSSR count). The quantitative estimate of drug-likeness (QED) is 0.733. The Bertz CT molecular complexity index is 371. The summed E-state index contributed by atoms with van der Waals surface area (Å²) in [5.41, 5.74) is 3.68. The second-order valence-electron chi connectivity index (χ2n) is 5.07. The Hall–Kier alpha value is -0.870. The van der Waals surface area contributed by atoms with Gasteiger partial charge in [0.15, 0.2) is 0 Å². The monoisotopic (exact) mass is 253 g/mol. The molecule has 1 heterocycles. The number of aryl methyl sites for hydroxylation is 2. The zero-order chi connectivity index (χ0) is 13.7. The highest BCUT2D eigenvalue weighted by Crippen LogP contribution is 2.21. The Labute approximate surface area is 110 Å². The van der Waals surface area contributed by atoms with E-state index in [1.165, 1.54) is 11.3 Å². The lowest BCUT2D eigenvalue weighted by Gasteiger charge is -2.15. The molecule has 0 saturated carbocycles. The summed E-state index contributed by atoms with van der Waals surface area (Å²) in [5.74, 6) is 0. The Kier molecular flexibility index (Phi) is 5.82. The SMILES string of the molecule is CCn1nc(C)c(C(C)NCCCC(C)O)c1C. The molecule has 18 heavy (non-hydrogen) atoms. The van der Waals surface area contributed by atoms with E-state index in [0.717, 1.165) is 31.6 Å². The number of hydrogen-bond donors (Lipinski definition) is 2. The van der Waals surface area contributed by atoms with Crippen LogP contribution < -0.4 is 5.32 Å². The molecule has 0 aliphatic heterocycles. The first-order valence-corrected chi connectivity index (χ1v) is 6.92. The predicted octanol–water partition coefficient (Wildman–Crippen LogP) is 2.33. The fraction of sp³-hybridized carbons (Fsp3) is 0.786. The van der Waals surface area contributed by atoms with E-state index < -0.39 is 0 Å². The average molecular weight is 253 g/mol. The molecule has 2 atom stereocenters. The fourth-order valence-electron chi connectivity index (χ4n) is 2.46. The summed E-state index contributed by atoms with van der Waals surface area (Å²) in [5, 5.41) is 17.3. The van der Waals surface area contributed by atoms with Gasteiger partial charge in [-0.2, -0.15) is 5.10 Å². The lowest BCUT2D eigenvalue weighted by Crippen LogP contribution is -2.21. The minimum Gasteiger partial charge on any atom is -0.393 e. The van der Waals surface area contributed by atoms with Gasteiger partial charge in [-0.05, 0) is 54.0 Å². The van der Waals surface area contributed by atoms with E-state index in [4.69, 9.17) is 0 Å². The van der Waals surface area contributed by atoms with Gasteiger partial charge in [0.1, 0.15) is 0 Å². The molecule has 104 valence electrons. The van der Waals surface area contributed by atoms with E-state index in [2.05, 4.69) is 42.8 Å². The molecule has 0 saturated heterocycles. The molecular weight excluding hydrogens is 226 g/mol. The highest BCUT2D eigenvalue weighted by Gasteiger charge is 2.16. The van der Waals surface area contributed by atoms with E-state index in [0.29, 0.717) is 6.04 Å². The van der Waals surface area contributed by atoms with Crippen molar-refractivity contribution in [3.63, 3.8) is 0 Å². The van der Waals surface area contributed by atoms with Crippen molar-refractivity contribution in [3.05, 3.63) is 17.0 Å². The van der Waals surface area contributed by atoms with Crippen LogP contribution in [0, 0.1) is 13.8 Å². The number of nitrogens with one attached hydrogen (secondary N) is 1. The van der Waals surface area contributed by atoms with Gasteiger partial charge in [0, 0.05) is 23.8 Å². The Morgan fingerprint density at radius 3 is 2.50 bits per heavy atom. The van der Waals surface area contributed by atoms with Crippen LogP contribution in [0.3, 0.4) is 0 Å². The third-order valence-corrected chi connectivity index (χ3v) is 3.42. The van der Waals surface area contributed by atoms with Crippen molar-refractivity contribution < 1.29 is 5.11 Å². The molecule has 0 aromatic carbocycles. The fourth-order valence-corrected chi connectivity index (χ4v) is 2.46. The molecule has 4 heteroatoms. The molecule has 0 aliphatic carbocycles. The second-order valence-corrected chi connectivity index (χ2v) is 5.07. The molecule has 2 N–H and O–H groups in total. The molecule has 0 spiro atoms. The van der Waals surface area contributed by atoms with Crippen LogP contribution in [0.1, 0.15) is 56.6 Å². The summed E-state index contributed by atoms with van der Waals surface area (Å²) in [6.45, 7) is 12.2. The third-order valence-electron chi connectivity index (χ3n) is 3.42. The largest absolute Gasteiger partial charge is 0.393 e. The van der Waals surface area contributed by atoms with Gasteiger partial charge < -0.3 is 10.4 Å². The van der Waals surface area contributed by atoms with E-state index in [-0.39, 0.29) is 6.10 Å². The average Bonchev–Trinajstić information content (AvgIpc) is 2.59. The standard InChI is InChI=1S/C14H27N3O/c1-6-17-13(5)14(12(4)16-17)11(3)15-9-7-8-10(2)18/h10-11,15,18H,6-9H2,1-5H3. The van der Waals surface area contributed by atoms with Crippen LogP contribution in [0.15, 0.2) is 0 Å². The van der Waals surface area contributed by atoms with Gasteiger partial charge in [-0.3, -0.25) is 4.68 Å². The minimum absolute atomic E-state index is 0.201. The van der Waals surface area contributed by atoms with Gasteiger partial charge in [-0.25, -0.2) is 0 Å². The smallest absolute Gasteiger partial charge is 0.0644 e. The van der Waals surface area contributed by atoms with Crippen molar-refractivity contribution in [1.29, 1.82) is 0 Å². The van der Waals surface area contributed by atoms with Gasteiger partial charge in [-0.1, -0.05) is 0 Å². The number of rotatable bonds is 7. The highest BCUT2D eigenvalue weighted by atomic mass is 16.3. The van der Waals surface area contributed by atoms with Crippen LogP contribution in [0.2, 0.25) is 0 Å². The number of aliphatic hydroxyl groups is 1. The van der Waals surface area contributed by atoms with Crippen LogP contribution in [0.25, 0.3) is 0 Å². The van der Waals surface area contributed by atoms with Gasteiger partial charge in [0.05, 0.1) is 11.8 Å². The van der Waals surface area contributed by atoms with Crippen LogP contribution in [0.4, 0.5) is 0 Å². The van der Waals surface area contributed by atoms with Crippen molar-refractivity contribution in [2.75, 3.05) is 6.54 Å². The maximum atomic E-state index is 9.22. The molecule has 4 nitrogen and oxygen atoms in total.